The van der Waals surface area contributed by atoms with Crippen molar-refractivity contribution in [1.29, 1.82) is 0 Å². The summed E-state index contributed by atoms with van der Waals surface area (Å²) in [5, 5.41) is 0. The molecule has 2 heteroatoms. The van der Waals surface area contributed by atoms with E-state index in [4.69, 9.17) is 4.74 Å². The molecular formula is C16H20O2. The predicted molar refractivity (Wildman–Crippen MR) is 74.3 cm³/mol. The zero-order valence-corrected chi connectivity index (χ0v) is 11.5. The van der Waals surface area contributed by atoms with Gasteiger partial charge in [-0.15, -0.1) is 0 Å². The number of Topliss-reactive ketones (excluding diaryl/α,β-unsaturated/α-hetero) is 1. The Hall–Kier alpha value is -1.57. The van der Waals surface area contributed by atoms with E-state index in [1.165, 1.54) is 5.56 Å². The summed E-state index contributed by atoms with van der Waals surface area (Å²) in [5.41, 5.74) is 3.18. The number of allylic oxidation sites excluding steroid dienone is 1. The van der Waals surface area contributed by atoms with Crippen molar-refractivity contribution in [2.45, 2.75) is 39.5 Å². The molecule has 0 heterocycles. The van der Waals surface area contributed by atoms with Gasteiger partial charge in [-0.2, -0.15) is 0 Å². The van der Waals surface area contributed by atoms with Crippen LogP contribution in [0.4, 0.5) is 0 Å². The van der Waals surface area contributed by atoms with Gasteiger partial charge in [0.05, 0.1) is 12.2 Å². The molecule has 0 saturated carbocycles. The number of hydrogen-bond donors (Lipinski definition) is 0. The van der Waals surface area contributed by atoms with Crippen LogP contribution in [0, 0.1) is 0 Å². The Kier molecular flexibility index (Phi) is 3.29. The Labute approximate surface area is 109 Å². The fourth-order valence-corrected chi connectivity index (χ4v) is 2.46. The van der Waals surface area contributed by atoms with Gasteiger partial charge in [-0.25, -0.2) is 0 Å². The molecule has 18 heavy (non-hydrogen) atoms. The number of benzene rings is 1. The van der Waals surface area contributed by atoms with Crippen LogP contribution in [0.2, 0.25) is 0 Å². The summed E-state index contributed by atoms with van der Waals surface area (Å²) in [5.74, 6) is 0.769. The van der Waals surface area contributed by atoms with Crippen LogP contribution in [0.25, 0.3) is 6.08 Å². The molecule has 1 aliphatic rings. The third-order valence-corrected chi connectivity index (χ3v) is 3.49. The summed E-state index contributed by atoms with van der Waals surface area (Å²) in [4.78, 5) is 11.7. The molecule has 2 nitrogen and oxygen atoms in total. The molecule has 0 aromatic heterocycles. The molecule has 0 N–H and O–H groups in total. The van der Waals surface area contributed by atoms with Crippen LogP contribution in [-0.4, -0.2) is 12.4 Å². The number of ketones is 1. The number of ether oxygens (including phenoxy) is 1. The number of rotatable bonds is 3. The van der Waals surface area contributed by atoms with Crippen molar-refractivity contribution < 1.29 is 9.53 Å². The molecule has 0 spiro atoms. The molecule has 0 bridgehead atoms. The van der Waals surface area contributed by atoms with Gasteiger partial charge < -0.3 is 4.74 Å². The second-order valence-corrected chi connectivity index (χ2v) is 5.42. The highest BCUT2D eigenvalue weighted by molar-refractivity contribution is 5.97. The Bertz CT molecular complexity index is 510. The Morgan fingerprint density at radius 3 is 2.72 bits per heavy atom. The van der Waals surface area contributed by atoms with Crippen molar-refractivity contribution in [3.05, 3.63) is 34.9 Å². The van der Waals surface area contributed by atoms with Crippen LogP contribution in [0.5, 0.6) is 5.75 Å². The van der Waals surface area contributed by atoms with E-state index >= 15 is 0 Å². The van der Waals surface area contributed by atoms with Gasteiger partial charge in [0.25, 0.3) is 0 Å². The largest absolute Gasteiger partial charge is 0.493 e. The first kappa shape index (κ1) is 12.9. The molecule has 0 atom stereocenters. The molecule has 0 amide bonds. The highest BCUT2D eigenvalue weighted by atomic mass is 16.5. The molecule has 1 aromatic carbocycles. The molecule has 1 aromatic rings. The first-order valence-electron chi connectivity index (χ1n) is 6.44. The van der Waals surface area contributed by atoms with E-state index in [-0.39, 0.29) is 11.2 Å². The van der Waals surface area contributed by atoms with Crippen LogP contribution >= 0.6 is 0 Å². The van der Waals surface area contributed by atoms with E-state index in [1.54, 1.807) is 6.92 Å². The Morgan fingerprint density at radius 1 is 1.39 bits per heavy atom. The van der Waals surface area contributed by atoms with Gasteiger partial charge >= 0.3 is 0 Å². The summed E-state index contributed by atoms with van der Waals surface area (Å²) in [6.45, 7) is 8.54. The van der Waals surface area contributed by atoms with E-state index in [1.807, 2.05) is 19.1 Å². The molecule has 0 saturated heterocycles. The molecular weight excluding hydrogens is 224 g/mol. The average Bonchev–Trinajstić information content (AvgIpc) is 2.29. The van der Waals surface area contributed by atoms with Gasteiger partial charge in [-0.05, 0) is 48.9 Å². The smallest absolute Gasteiger partial charge is 0.163 e. The molecule has 0 fully saturated rings. The monoisotopic (exact) mass is 244 g/mol. The third kappa shape index (κ3) is 2.20. The minimum atomic E-state index is 0.0537. The number of carbonyl (C=O) groups excluding carboxylic acids is 1. The summed E-state index contributed by atoms with van der Waals surface area (Å²) in [6.07, 6.45) is 5.29. The maximum atomic E-state index is 11.7. The van der Waals surface area contributed by atoms with E-state index in [2.05, 4.69) is 26.0 Å². The van der Waals surface area contributed by atoms with E-state index < -0.39 is 0 Å². The topological polar surface area (TPSA) is 26.3 Å². The molecule has 0 unspecified atom stereocenters. The zero-order chi connectivity index (χ0) is 13.3. The van der Waals surface area contributed by atoms with Gasteiger partial charge in [0.1, 0.15) is 5.75 Å². The van der Waals surface area contributed by atoms with Crippen molar-refractivity contribution >= 4 is 11.9 Å². The first-order chi connectivity index (χ1) is 8.45. The molecule has 96 valence electrons. The molecule has 2 rings (SSSR count). The molecule has 1 aliphatic carbocycles. The van der Waals surface area contributed by atoms with Crippen molar-refractivity contribution in [3.63, 3.8) is 0 Å². The summed E-state index contributed by atoms with van der Waals surface area (Å²) in [6, 6.07) is 4.00. The molecule has 0 aliphatic heterocycles. The van der Waals surface area contributed by atoms with Crippen molar-refractivity contribution in [3.8, 4) is 5.75 Å². The number of carbonyl (C=O) groups is 1. The third-order valence-electron chi connectivity index (χ3n) is 3.49. The first-order valence-corrected chi connectivity index (χ1v) is 6.44. The minimum Gasteiger partial charge on any atom is -0.493 e. The van der Waals surface area contributed by atoms with Gasteiger partial charge in [-0.3, -0.25) is 4.79 Å². The lowest BCUT2D eigenvalue weighted by molar-refractivity contribution is 0.101. The van der Waals surface area contributed by atoms with Crippen LogP contribution < -0.4 is 4.74 Å². The van der Waals surface area contributed by atoms with E-state index in [9.17, 15) is 4.79 Å². The Morgan fingerprint density at radius 2 is 2.11 bits per heavy atom. The van der Waals surface area contributed by atoms with Crippen molar-refractivity contribution in [2.75, 3.05) is 6.61 Å². The maximum absolute atomic E-state index is 11.7. The lowest BCUT2D eigenvalue weighted by Gasteiger charge is -2.30. The number of fused-ring (bicyclic) bond motifs is 1. The van der Waals surface area contributed by atoms with Gasteiger partial charge in [0.15, 0.2) is 5.78 Å². The van der Waals surface area contributed by atoms with Gasteiger partial charge in [0.2, 0.25) is 0 Å². The van der Waals surface area contributed by atoms with Crippen molar-refractivity contribution in [2.24, 2.45) is 0 Å². The van der Waals surface area contributed by atoms with Crippen LogP contribution in [-0.2, 0) is 5.41 Å². The molecule has 0 radical (unpaired) electrons. The summed E-state index contributed by atoms with van der Waals surface area (Å²) < 4.78 is 5.61. The lowest BCUT2D eigenvalue weighted by atomic mass is 9.75. The lowest BCUT2D eigenvalue weighted by Crippen LogP contribution is -2.20. The SMILES string of the molecule is CCOc1cc2c(cc1C(C)=O)C=CCC2(C)C. The highest BCUT2D eigenvalue weighted by Crippen LogP contribution is 2.38. The normalized spacial score (nSPS) is 16.2. The summed E-state index contributed by atoms with van der Waals surface area (Å²) in [7, 11) is 0. The van der Waals surface area contributed by atoms with Gasteiger partial charge in [-0.1, -0.05) is 26.0 Å². The second kappa shape index (κ2) is 4.60. The van der Waals surface area contributed by atoms with Crippen LogP contribution in [0.3, 0.4) is 0 Å². The zero-order valence-electron chi connectivity index (χ0n) is 11.5. The quantitative estimate of drug-likeness (QED) is 0.752. The fraction of sp³-hybridized carbons (Fsp3) is 0.438. The van der Waals surface area contributed by atoms with Crippen molar-refractivity contribution in [1.82, 2.24) is 0 Å². The fourth-order valence-electron chi connectivity index (χ4n) is 2.46. The second-order valence-electron chi connectivity index (χ2n) is 5.42. The maximum Gasteiger partial charge on any atom is 0.163 e. The number of hydrogen-bond acceptors (Lipinski definition) is 2. The predicted octanol–water partition coefficient (Wildman–Crippen LogP) is 3.98. The highest BCUT2D eigenvalue weighted by Gasteiger charge is 2.26. The standard InChI is InChI=1S/C16H20O2/c1-5-18-15-10-14-12(9-13(15)11(2)17)7-6-8-16(14,3)4/h6-7,9-10H,5,8H2,1-4H3. The minimum absolute atomic E-state index is 0.0537. The van der Waals surface area contributed by atoms with E-state index in [0.717, 1.165) is 12.0 Å². The Balaban J connectivity index is 2.62. The average molecular weight is 244 g/mol. The van der Waals surface area contributed by atoms with Crippen LogP contribution in [0.15, 0.2) is 18.2 Å². The van der Waals surface area contributed by atoms with Crippen LogP contribution in [0.1, 0.15) is 55.6 Å². The summed E-state index contributed by atoms with van der Waals surface area (Å²) >= 11 is 0. The van der Waals surface area contributed by atoms with E-state index in [0.29, 0.717) is 17.9 Å². The van der Waals surface area contributed by atoms with Gasteiger partial charge in [0, 0.05) is 0 Å².